The van der Waals surface area contributed by atoms with Crippen LogP contribution in [0, 0.1) is 0 Å². The van der Waals surface area contributed by atoms with Crippen LogP contribution in [0.4, 0.5) is 18.9 Å². The van der Waals surface area contributed by atoms with Crippen LogP contribution in [0.15, 0.2) is 71.6 Å². The predicted octanol–water partition coefficient (Wildman–Crippen LogP) is 4.71. The summed E-state index contributed by atoms with van der Waals surface area (Å²) in [5, 5.41) is 2.60. The molecule has 0 atom stereocenters. The molecule has 0 saturated carbocycles. The van der Waals surface area contributed by atoms with Gasteiger partial charge in [0.25, 0.3) is 5.91 Å². The maximum absolute atomic E-state index is 13.1. The van der Waals surface area contributed by atoms with Gasteiger partial charge in [0.1, 0.15) is 5.75 Å². The molecule has 6 nitrogen and oxygen atoms in total. The molecule has 0 aliphatic carbocycles. The summed E-state index contributed by atoms with van der Waals surface area (Å²) in [5.74, 6) is -0.145. The number of benzene rings is 3. The minimum absolute atomic E-state index is 0.108. The van der Waals surface area contributed by atoms with Crippen LogP contribution in [0.3, 0.4) is 0 Å². The molecule has 1 N–H and O–H groups in total. The Morgan fingerprint density at radius 1 is 1.00 bits per heavy atom. The van der Waals surface area contributed by atoms with Crippen LogP contribution in [0.25, 0.3) is 0 Å². The summed E-state index contributed by atoms with van der Waals surface area (Å²) in [6, 6.07) is 15.4. The topological polar surface area (TPSA) is 75.7 Å². The molecular formula is C24H21F3N2O4S. The lowest BCUT2D eigenvalue weighted by atomic mass is 10.0. The first-order chi connectivity index (χ1) is 16.1. The van der Waals surface area contributed by atoms with Gasteiger partial charge in [0.15, 0.2) is 0 Å². The third-order valence-electron chi connectivity index (χ3n) is 5.59. The Kier molecular flexibility index (Phi) is 6.37. The van der Waals surface area contributed by atoms with Crippen molar-refractivity contribution in [3.05, 3.63) is 89.0 Å². The zero-order valence-electron chi connectivity index (χ0n) is 18.1. The molecule has 10 heteroatoms. The largest absolute Gasteiger partial charge is 0.497 e. The van der Waals surface area contributed by atoms with Gasteiger partial charge in [-0.1, -0.05) is 12.1 Å². The second-order valence-corrected chi connectivity index (χ2v) is 9.72. The lowest BCUT2D eigenvalue weighted by molar-refractivity contribution is -0.137. The van der Waals surface area contributed by atoms with E-state index in [-0.39, 0.29) is 17.0 Å². The van der Waals surface area contributed by atoms with E-state index in [1.807, 2.05) is 0 Å². The van der Waals surface area contributed by atoms with Crippen molar-refractivity contribution in [3.63, 3.8) is 0 Å². The zero-order chi connectivity index (χ0) is 24.5. The van der Waals surface area contributed by atoms with Crippen LogP contribution in [0.2, 0.25) is 0 Å². The smallest absolute Gasteiger partial charge is 0.416 e. The zero-order valence-corrected chi connectivity index (χ0v) is 18.9. The Bertz CT molecular complexity index is 1320. The molecule has 0 spiro atoms. The van der Waals surface area contributed by atoms with Gasteiger partial charge in [-0.25, -0.2) is 8.42 Å². The number of halogens is 3. The molecule has 4 rings (SSSR count). The number of alkyl halides is 3. The van der Waals surface area contributed by atoms with Crippen molar-refractivity contribution in [2.24, 2.45) is 0 Å². The van der Waals surface area contributed by atoms with Gasteiger partial charge >= 0.3 is 6.18 Å². The fourth-order valence-electron chi connectivity index (χ4n) is 3.75. The molecule has 0 radical (unpaired) electrons. The van der Waals surface area contributed by atoms with E-state index in [0.717, 1.165) is 17.7 Å². The lowest BCUT2D eigenvalue weighted by Gasteiger charge is -2.28. The number of hydrogen-bond donors (Lipinski definition) is 1. The molecular weight excluding hydrogens is 469 g/mol. The number of carbonyl (C=O) groups excluding carboxylic acids is 1. The van der Waals surface area contributed by atoms with Gasteiger partial charge in [0.2, 0.25) is 10.0 Å². The SMILES string of the molecule is COc1ccc(S(=O)(=O)N2CCc3ccc(NC(=O)c4cccc(C(F)(F)F)c4)cc3C2)cc1. The number of ether oxygens (including phenoxy) is 1. The Morgan fingerprint density at radius 2 is 1.74 bits per heavy atom. The standard InChI is InChI=1S/C24H21F3N2O4S/c1-33-21-7-9-22(10-8-21)34(31,32)29-12-11-16-5-6-20(14-18(16)15-29)28-23(30)17-3-2-4-19(13-17)24(25,26)27/h2-10,13-14H,11-12,15H2,1H3,(H,28,30). The lowest BCUT2D eigenvalue weighted by Crippen LogP contribution is -2.36. The number of amides is 1. The highest BCUT2D eigenvalue weighted by atomic mass is 32.2. The van der Waals surface area contributed by atoms with Crippen molar-refractivity contribution in [1.82, 2.24) is 4.31 Å². The molecule has 1 aliphatic rings. The van der Waals surface area contributed by atoms with E-state index < -0.39 is 27.7 Å². The maximum Gasteiger partial charge on any atom is 0.416 e. The Morgan fingerprint density at radius 3 is 2.41 bits per heavy atom. The van der Waals surface area contributed by atoms with Crippen molar-refractivity contribution in [1.29, 1.82) is 0 Å². The van der Waals surface area contributed by atoms with Crippen LogP contribution in [-0.4, -0.2) is 32.3 Å². The van der Waals surface area contributed by atoms with E-state index in [2.05, 4.69) is 5.32 Å². The molecule has 1 heterocycles. The number of anilines is 1. The predicted molar refractivity (Wildman–Crippen MR) is 120 cm³/mol. The van der Waals surface area contributed by atoms with Crippen molar-refractivity contribution in [2.75, 3.05) is 19.0 Å². The van der Waals surface area contributed by atoms with Crippen molar-refractivity contribution in [3.8, 4) is 5.75 Å². The molecule has 3 aromatic carbocycles. The molecule has 0 saturated heterocycles. The van der Waals surface area contributed by atoms with E-state index >= 15 is 0 Å². The summed E-state index contributed by atoms with van der Waals surface area (Å²) in [5.41, 5.74) is 0.981. The van der Waals surface area contributed by atoms with Gasteiger partial charge in [-0.2, -0.15) is 17.5 Å². The fraction of sp³-hybridized carbons (Fsp3) is 0.208. The maximum atomic E-state index is 13.1. The third-order valence-corrected chi connectivity index (χ3v) is 7.45. The number of methoxy groups -OCH3 is 1. The number of sulfonamides is 1. The van der Waals surface area contributed by atoms with Gasteiger partial charge < -0.3 is 10.1 Å². The normalized spacial score (nSPS) is 14.4. The minimum atomic E-state index is -4.55. The highest BCUT2D eigenvalue weighted by Crippen LogP contribution is 2.30. The Labute approximate surface area is 195 Å². The number of rotatable bonds is 5. The van der Waals surface area contributed by atoms with Gasteiger partial charge in [0, 0.05) is 24.3 Å². The third kappa shape index (κ3) is 4.92. The summed E-state index contributed by atoms with van der Waals surface area (Å²) in [6.07, 6.45) is -4.06. The van der Waals surface area contributed by atoms with Crippen LogP contribution in [0.1, 0.15) is 27.0 Å². The Hall–Kier alpha value is -3.37. The van der Waals surface area contributed by atoms with E-state index in [4.69, 9.17) is 4.74 Å². The highest BCUT2D eigenvalue weighted by molar-refractivity contribution is 7.89. The Balaban J connectivity index is 1.53. The average Bonchev–Trinajstić information content (AvgIpc) is 2.83. The van der Waals surface area contributed by atoms with E-state index in [0.29, 0.717) is 30.0 Å². The number of nitrogens with one attached hydrogen (secondary N) is 1. The molecule has 0 unspecified atom stereocenters. The molecule has 3 aromatic rings. The number of fused-ring (bicyclic) bond motifs is 1. The first kappa shape index (κ1) is 23.8. The van der Waals surface area contributed by atoms with Crippen LogP contribution >= 0.6 is 0 Å². The second-order valence-electron chi connectivity index (χ2n) is 7.78. The average molecular weight is 491 g/mol. The first-order valence-electron chi connectivity index (χ1n) is 10.3. The number of carbonyl (C=O) groups is 1. The molecule has 34 heavy (non-hydrogen) atoms. The number of hydrogen-bond acceptors (Lipinski definition) is 4. The molecule has 178 valence electrons. The van der Waals surface area contributed by atoms with Crippen LogP contribution in [-0.2, 0) is 29.2 Å². The molecule has 0 aromatic heterocycles. The quantitative estimate of drug-likeness (QED) is 0.562. The van der Waals surface area contributed by atoms with Crippen molar-refractivity contribution < 1.29 is 31.1 Å². The highest BCUT2D eigenvalue weighted by Gasteiger charge is 2.31. The molecule has 0 fully saturated rings. The molecule has 1 aliphatic heterocycles. The molecule has 1 amide bonds. The summed E-state index contributed by atoms with van der Waals surface area (Å²) in [4.78, 5) is 12.7. The van der Waals surface area contributed by atoms with Crippen LogP contribution in [0.5, 0.6) is 5.75 Å². The fourth-order valence-corrected chi connectivity index (χ4v) is 5.17. The van der Waals surface area contributed by atoms with Crippen molar-refractivity contribution in [2.45, 2.75) is 24.0 Å². The summed E-state index contributed by atoms with van der Waals surface area (Å²) < 4.78 is 71.4. The summed E-state index contributed by atoms with van der Waals surface area (Å²) >= 11 is 0. The number of nitrogens with zero attached hydrogens (tertiary/aromatic N) is 1. The second kappa shape index (κ2) is 9.11. The summed E-state index contributed by atoms with van der Waals surface area (Å²) in [7, 11) is -2.25. The van der Waals surface area contributed by atoms with E-state index in [1.165, 1.54) is 35.7 Å². The van der Waals surface area contributed by atoms with Gasteiger partial charge in [-0.05, 0) is 72.1 Å². The summed E-state index contributed by atoms with van der Waals surface area (Å²) in [6.45, 7) is 0.411. The van der Waals surface area contributed by atoms with Gasteiger partial charge in [-0.15, -0.1) is 0 Å². The first-order valence-corrected chi connectivity index (χ1v) is 11.8. The van der Waals surface area contributed by atoms with Crippen molar-refractivity contribution >= 4 is 21.6 Å². The molecule has 0 bridgehead atoms. The van der Waals surface area contributed by atoms with E-state index in [9.17, 15) is 26.4 Å². The van der Waals surface area contributed by atoms with E-state index in [1.54, 1.807) is 30.3 Å². The van der Waals surface area contributed by atoms with Crippen LogP contribution < -0.4 is 10.1 Å². The minimum Gasteiger partial charge on any atom is -0.497 e. The monoisotopic (exact) mass is 490 g/mol. The van der Waals surface area contributed by atoms with Gasteiger partial charge in [-0.3, -0.25) is 4.79 Å². The van der Waals surface area contributed by atoms with Gasteiger partial charge in [0.05, 0.1) is 17.6 Å².